The van der Waals surface area contributed by atoms with Gasteiger partial charge >= 0.3 is 0 Å². The summed E-state index contributed by atoms with van der Waals surface area (Å²) in [7, 11) is 0. The van der Waals surface area contributed by atoms with Gasteiger partial charge in [0.25, 0.3) is 0 Å². The topological polar surface area (TPSA) is 63.2 Å². The van der Waals surface area contributed by atoms with Crippen molar-refractivity contribution in [3.63, 3.8) is 0 Å². The van der Waals surface area contributed by atoms with Crippen molar-refractivity contribution < 1.29 is 28.5 Å². The summed E-state index contributed by atoms with van der Waals surface area (Å²) in [4.78, 5) is 13.9. The van der Waals surface area contributed by atoms with Crippen molar-refractivity contribution in [2.24, 2.45) is 0 Å². The molecule has 0 atom stereocenters. The summed E-state index contributed by atoms with van der Waals surface area (Å²) in [5, 5.41) is 0. The minimum absolute atomic E-state index is 0.258. The first kappa shape index (κ1) is 34.1. The fourth-order valence-electron chi connectivity index (χ4n) is 3.74. The molecule has 41 heavy (non-hydrogen) atoms. The zero-order chi connectivity index (χ0) is 31.6. The minimum atomic E-state index is -0.576. The van der Waals surface area contributed by atoms with E-state index in [9.17, 15) is 4.79 Å². The highest BCUT2D eigenvalue weighted by molar-refractivity contribution is 6.09. The fraction of sp³-hybridized carbons (Fsp3) is 0.571. The van der Waals surface area contributed by atoms with E-state index >= 15 is 0 Å². The normalized spacial score (nSPS) is 13.2. The first-order valence-corrected chi connectivity index (χ1v) is 14.3. The third kappa shape index (κ3) is 12.5. The van der Waals surface area contributed by atoms with Crippen molar-refractivity contribution in [2.45, 2.75) is 132 Å². The van der Waals surface area contributed by atoms with Crippen molar-refractivity contribution in [1.82, 2.24) is 0 Å². The summed E-state index contributed by atoms with van der Waals surface area (Å²) in [6.07, 6.45) is 3.28. The predicted octanol–water partition coefficient (Wildman–Crippen LogP) is 9.47. The number of hydrogen-bond donors (Lipinski definition) is 0. The van der Waals surface area contributed by atoms with Crippen molar-refractivity contribution in [2.75, 3.05) is 0 Å². The zero-order valence-corrected chi connectivity index (χ0v) is 28.0. The fourth-order valence-corrected chi connectivity index (χ4v) is 3.74. The molecule has 0 fully saturated rings. The van der Waals surface area contributed by atoms with Gasteiger partial charge in [-0.05, 0) is 140 Å². The average Bonchev–Trinajstić information content (AvgIpc) is 2.70. The lowest BCUT2D eigenvalue weighted by Crippen LogP contribution is -2.28. The third-order valence-corrected chi connectivity index (χ3v) is 4.78. The summed E-state index contributed by atoms with van der Waals surface area (Å²) in [6.45, 7) is 29.5. The number of rotatable bonds is 8. The van der Waals surface area contributed by atoms with Crippen molar-refractivity contribution >= 4 is 11.9 Å². The summed E-state index contributed by atoms with van der Waals surface area (Å²) in [5.74, 6) is 2.42. The highest BCUT2D eigenvalue weighted by Crippen LogP contribution is 2.41. The average molecular weight is 569 g/mol. The van der Waals surface area contributed by atoms with Gasteiger partial charge in [-0.1, -0.05) is 0 Å². The molecule has 0 aliphatic heterocycles. The Morgan fingerprint density at radius 2 is 1.00 bits per heavy atom. The van der Waals surface area contributed by atoms with Crippen molar-refractivity contribution in [3.8, 4) is 28.7 Å². The van der Waals surface area contributed by atoms with Gasteiger partial charge in [0.15, 0.2) is 17.3 Å². The molecule has 0 radical (unpaired) electrons. The summed E-state index contributed by atoms with van der Waals surface area (Å²) in [5.41, 5.74) is -1.32. The van der Waals surface area contributed by atoms with Gasteiger partial charge in [0.2, 0.25) is 0 Å². The molecular formula is C35H52O6. The van der Waals surface area contributed by atoms with Crippen LogP contribution in [0.5, 0.6) is 28.7 Å². The van der Waals surface area contributed by atoms with Crippen LogP contribution in [0.4, 0.5) is 0 Å². The highest BCUT2D eigenvalue weighted by Gasteiger charge is 2.27. The molecule has 0 aromatic heterocycles. The molecule has 0 unspecified atom stereocenters. The lowest BCUT2D eigenvalue weighted by atomic mass is 10.0. The summed E-state index contributed by atoms with van der Waals surface area (Å²) < 4.78 is 31.1. The van der Waals surface area contributed by atoms with Crippen LogP contribution >= 0.6 is 0 Å². The Labute approximate surface area is 248 Å². The van der Waals surface area contributed by atoms with E-state index in [0.717, 1.165) is 5.56 Å². The lowest BCUT2D eigenvalue weighted by molar-refractivity contribution is 0.0884. The van der Waals surface area contributed by atoms with E-state index in [-0.39, 0.29) is 11.4 Å². The van der Waals surface area contributed by atoms with Gasteiger partial charge in [-0.3, -0.25) is 4.79 Å². The molecule has 2 rings (SSSR count). The lowest BCUT2D eigenvalue weighted by Gasteiger charge is -2.30. The van der Waals surface area contributed by atoms with Crippen LogP contribution in [-0.2, 0) is 0 Å². The van der Waals surface area contributed by atoms with E-state index in [2.05, 4.69) is 0 Å². The van der Waals surface area contributed by atoms with Gasteiger partial charge in [0, 0.05) is 11.6 Å². The Hall–Kier alpha value is -3.15. The number of hydrogen-bond acceptors (Lipinski definition) is 6. The first-order chi connectivity index (χ1) is 18.3. The summed E-state index contributed by atoms with van der Waals surface area (Å²) >= 11 is 0. The maximum Gasteiger partial charge on any atom is 0.189 e. The van der Waals surface area contributed by atoms with Crippen LogP contribution in [0.3, 0.4) is 0 Å². The number of ketones is 1. The van der Waals surface area contributed by atoms with Gasteiger partial charge in [0.1, 0.15) is 45.3 Å². The molecule has 0 saturated heterocycles. The first-order valence-electron chi connectivity index (χ1n) is 14.3. The van der Waals surface area contributed by atoms with E-state index in [0.29, 0.717) is 34.3 Å². The van der Waals surface area contributed by atoms with Crippen LogP contribution in [-0.4, -0.2) is 33.8 Å². The largest absolute Gasteiger partial charge is 0.488 e. The van der Waals surface area contributed by atoms with E-state index in [1.54, 1.807) is 18.2 Å². The quantitative estimate of drug-likeness (QED) is 0.233. The Kier molecular flexibility index (Phi) is 9.96. The van der Waals surface area contributed by atoms with Crippen LogP contribution in [0.1, 0.15) is 120 Å². The van der Waals surface area contributed by atoms with Crippen molar-refractivity contribution in [1.29, 1.82) is 0 Å². The number of carbonyl (C=O) groups is 1. The molecule has 0 bridgehead atoms. The second-order valence-corrected chi connectivity index (χ2v) is 15.3. The Balaban J connectivity index is 2.70. The molecule has 6 nitrogen and oxygen atoms in total. The number of ether oxygens (including phenoxy) is 5. The molecule has 6 heteroatoms. The van der Waals surface area contributed by atoms with Gasteiger partial charge in [-0.15, -0.1) is 0 Å². The Morgan fingerprint density at radius 3 is 1.49 bits per heavy atom. The predicted molar refractivity (Wildman–Crippen MR) is 168 cm³/mol. The maximum atomic E-state index is 13.9. The van der Waals surface area contributed by atoms with Crippen LogP contribution in [0.15, 0.2) is 36.4 Å². The van der Waals surface area contributed by atoms with E-state index < -0.39 is 22.4 Å². The standard InChI is InChI=1S/C35H52O6/c1-31(2,3)37-24-17-19-28(39-33(7,8)9)23(20-24)16-18-27(36)26-21-25(38-32(4,5)6)22-29(40-34(10,11)12)30(26)41-35(13,14)15/h16-22H,1-15H3/b18-16+. The molecular weight excluding hydrogens is 516 g/mol. The highest BCUT2D eigenvalue weighted by atomic mass is 16.5. The molecule has 228 valence electrons. The molecule has 0 heterocycles. The monoisotopic (exact) mass is 568 g/mol. The second-order valence-electron chi connectivity index (χ2n) is 15.3. The number of benzene rings is 2. The second kappa shape index (κ2) is 12.0. The molecule has 2 aromatic carbocycles. The zero-order valence-electron chi connectivity index (χ0n) is 28.0. The summed E-state index contributed by atoms with van der Waals surface area (Å²) in [6, 6.07) is 9.15. The number of carbonyl (C=O) groups excluding carboxylic acids is 1. The van der Waals surface area contributed by atoms with Gasteiger partial charge in [-0.25, -0.2) is 0 Å². The van der Waals surface area contributed by atoms with E-state index in [1.807, 2.05) is 122 Å². The van der Waals surface area contributed by atoms with Gasteiger partial charge < -0.3 is 23.7 Å². The molecule has 0 aliphatic carbocycles. The van der Waals surface area contributed by atoms with E-state index in [1.165, 1.54) is 6.08 Å². The molecule has 2 aromatic rings. The van der Waals surface area contributed by atoms with Gasteiger partial charge in [-0.2, -0.15) is 0 Å². The maximum absolute atomic E-state index is 13.9. The van der Waals surface area contributed by atoms with E-state index in [4.69, 9.17) is 23.7 Å². The molecule has 0 spiro atoms. The van der Waals surface area contributed by atoms with Crippen molar-refractivity contribution in [3.05, 3.63) is 47.5 Å². The molecule has 0 amide bonds. The smallest absolute Gasteiger partial charge is 0.189 e. The van der Waals surface area contributed by atoms with Crippen LogP contribution in [0, 0.1) is 0 Å². The minimum Gasteiger partial charge on any atom is -0.488 e. The number of allylic oxidation sites excluding steroid dienone is 1. The SMILES string of the molecule is CC(C)(C)Oc1ccc(OC(C)(C)C)c(/C=C/C(=O)c2cc(OC(C)(C)C)cc(OC(C)(C)C)c2OC(C)(C)C)c1. The molecule has 0 N–H and O–H groups in total. The Morgan fingerprint density at radius 1 is 0.537 bits per heavy atom. The molecule has 0 saturated carbocycles. The van der Waals surface area contributed by atoms with Crippen LogP contribution in [0.25, 0.3) is 6.08 Å². The Bertz CT molecular complexity index is 1240. The third-order valence-electron chi connectivity index (χ3n) is 4.78. The van der Waals surface area contributed by atoms with Gasteiger partial charge in [0.05, 0.1) is 5.56 Å². The van der Waals surface area contributed by atoms with Crippen LogP contribution in [0.2, 0.25) is 0 Å². The molecule has 0 aliphatic rings. The van der Waals surface area contributed by atoms with Crippen LogP contribution < -0.4 is 23.7 Å².